The Hall–Kier alpha value is -9.25. The number of carboxylic acid groups (broad SMARTS) is 2. The van der Waals surface area contributed by atoms with Gasteiger partial charge in [0.2, 0.25) is 70.9 Å². The van der Waals surface area contributed by atoms with Gasteiger partial charge in [-0.2, -0.15) is 0 Å². The number of carboxylic acids is 2. The van der Waals surface area contributed by atoms with Gasteiger partial charge >= 0.3 is 11.9 Å². The van der Waals surface area contributed by atoms with Crippen LogP contribution in [0.3, 0.4) is 0 Å². The highest BCUT2D eigenvalue weighted by atomic mass is 33.1. The van der Waals surface area contributed by atoms with Crippen molar-refractivity contribution in [3.63, 3.8) is 0 Å². The number of hydrogen-bond acceptors (Lipinski definition) is 23. The van der Waals surface area contributed by atoms with Crippen LogP contribution >= 0.6 is 21.6 Å². The lowest BCUT2D eigenvalue weighted by Gasteiger charge is -2.33. The number of fused-ring (bicyclic) bond motifs is 3. The Morgan fingerprint density at radius 2 is 1.33 bits per heavy atom. The van der Waals surface area contributed by atoms with Crippen molar-refractivity contribution in [2.45, 2.75) is 210 Å². The van der Waals surface area contributed by atoms with Crippen LogP contribution in [-0.4, -0.2) is 257 Å². The summed E-state index contributed by atoms with van der Waals surface area (Å²) < 4.78 is 1.29. The van der Waals surface area contributed by atoms with E-state index in [-0.39, 0.29) is 83.5 Å². The van der Waals surface area contributed by atoms with Crippen molar-refractivity contribution in [3.05, 3.63) is 47.8 Å². The Bertz CT molecular complexity index is 3410. The summed E-state index contributed by atoms with van der Waals surface area (Å²) in [6, 6.07) is -11.1. The van der Waals surface area contributed by atoms with E-state index in [1.54, 1.807) is 58.0 Å². The standard InChI is InChI=1S/C66H104N20O18S2/c1-7-34(3)51-61(99)79-44(58(96)75-41(27-38-17-10-9-11-18-38)63(101)85-26-16-22-47(85)60(98)76-42(65(103)104)28-50(90)91)32-105-106-33-45(78-55(93)39(73-49(89)29-68)20-14-24-71-66(69)70)59(97)82-53(37(6)88)62(100)74-40(19-12-13-23-67)56(94)77-43(31-87)57(95)81-52(35(4)8-2)64(102)84-25-15-21-46(84)48-30-72-83-86(48)36(5)54(92)80-51/h9-11,17-18,30,34-37,39-47,51-53,87-88H,7-8,12-16,19-29,31-33,67-68H2,1-6H3,(H,73,89)(H,74,100)(H,75,96)(H,76,98)(H,77,94)(H,78,93)(H,79,99)(H,80,92)(H,81,95)(H,82,97)(H,90,91)(H,103,104)(H4,69,70,71)/t34-,35-,36-,37+,39-,40-,41-,42-,43-,44-,45-,46-,47-,51-,52-,53-/m0/s1. The number of rotatable bonds is 28. The summed E-state index contributed by atoms with van der Waals surface area (Å²) in [6.07, 6.45) is 0.463. The number of nitrogens with zero attached hydrogens (tertiary/aromatic N) is 6. The maximum Gasteiger partial charge on any atom is 0.326 e. The van der Waals surface area contributed by atoms with E-state index in [9.17, 15) is 73.2 Å². The van der Waals surface area contributed by atoms with Crippen LogP contribution in [0.15, 0.2) is 41.5 Å². The molecule has 588 valence electrons. The van der Waals surface area contributed by atoms with Crippen LogP contribution in [0.5, 0.6) is 0 Å². The van der Waals surface area contributed by atoms with Gasteiger partial charge in [-0.1, -0.05) is 97.7 Å². The Balaban J connectivity index is 1.66. The average molecular weight is 1530 g/mol. The van der Waals surface area contributed by atoms with Gasteiger partial charge in [-0.25, -0.2) is 9.48 Å². The van der Waals surface area contributed by atoms with Crippen LogP contribution in [0, 0.1) is 11.8 Å². The lowest BCUT2D eigenvalue weighted by Crippen LogP contribution is -2.62. The highest BCUT2D eigenvalue weighted by Gasteiger charge is 2.44. The molecule has 3 aliphatic rings. The number of aliphatic carboxylic acids is 2. The van der Waals surface area contributed by atoms with Gasteiger partial charge in [0.15, 0.2) is 5.96 Å². The molecule has 0 radical (unpaired) electrons. The van der Waals surface area contributed by atoms with Crippen molar-refractivity contribution in [2.75, 3.05) is 50.8 Å². The van der Waals surface area contributed by atoms with Crippen molar-refractivity contribution >= 4 is 110 Å². The third-order valence-corrected chi connectivity index (χ3v) is 21.0. The maximum atomic E-state index is 15.3. The molecule has 0 saturated carbocycles. The highest BCUT2D eigenvalue weighted by Crippen LogP contribution is 2.34. The number of guanidine groups is 1. The number of nitrogens with one attached hydrogen (secondary N) is 10. The summed E-state index contributed by atoms with van der Waals surface area (Å²) in [5.74, 6) is -16.7. The second-order valence-corrected chi connectivity index (χ2v) is 29.0. The van der Waals surface area contributed by atoms with Crippen LogP contribution in [0.2, 0.25) is 0 Å². The summed E-state index contributed by atoms with van der Waals surface area (Å²) in [6.45, 7) is 8.21. The van der Waals surface area contributed by atoms with Gasteiger partial charge < -0.3 is 106 Å². The predicted molar refractivity (Wildman–Crippen MR) is 387 cm³/mol. The minimum atomic E-state index is -1.92. The molecule has 5 rings (SSSR count). The van der Waals surface area contributed by atoms with Gasteiger partial charge in [0.25, 0.3) is 0 Å². The fraction of sp³-hybridized carbons (Fsp3) is 0.652. The van der Waals surface area contributed by atoms with Gasteiger partial charge in [-0.05, 0) is 95.6 Å². The number of likely N-dealkylation sites (tertiary alicyclic amines) is 1. The third-order valence-electron chi connectivity index (χ3n) is 18.6. The van der Waals surface area contributed by atoms with Gasteiger partial charge in [0, 0.05) is 37.6 Å². The first-order chi connectivity index (χ1) is 50.4. The molecule has 1 aromatic heterocycles. The Labute approximate surface area is 621 Å². The molecule has 1 aromatic carbocycles. The fourth-order valence-electron chi connectivity index (χ4n) is 12.1. The third kappa shape index (κ3) is 25.8. The second-order valence-electron chi connectivity index (χ2n) is 26.4. The number of aliphatic hydroxyl groups excluding tert-OH is 2. The zero-order valence-corrected chi connectivity index (χ0v) is 62.0. The first kappa shape index (κ1) is 87.4. The number of carbonyl (C=O) groups is 14. The number of unbranched alkanes of at least 4 members (excludes halogenated alkanes) is 1. The maximum absolute atomic E-state index is 15.3. The van der Waals surface area contributed by atoms with E-state index in [0.29, 0.717) is 36.9 Å². The second kappa shape index (κ2) is 43.4. The van der Waals surface area contributed by atoms with E-state index in [0.717, 1.165) is 33.4 Å². The Kier molecular flexibility index (Phi) is 35.8. The SMILES string of the molecule is CC[C@H](C)[C@@H]1NC(=O)[C@H](C)n2nncc2[C@@H]2CCCN2C(=O)[C@H]([C@@H](C)CC)NC(=O)[C@H](CO)NC(=O)[C@H](CCCCN)NC(=O)[C@H]([C@@H](C)O)NC(=O)[C@@H](NC(=O)[C@H](CCCN=C(N)N)NC(=O)CN)CSSC[C@@H](C(=O)N[C@@H](Cc2ccccc2)C(=O)N2CCC[C@H]2C(=O)N[C@@H](CC(=O)O)C(=O)O)NC1=O. The van der Waals surface area contributed by atoms with E-state index in [1.165, 1.54) is 22.7 Å². The van der Waals surface area contributed by atoms with Gasteiger partial charge in [-0.15, -0.1) is 5.10 Å². The molecule has 4 heterocycles. The minimum absolute atomic E-state index is 0.00873. The van der Waals surface area contributed by atoms with Crippen LogP contribution < -0.4 is 76.1 Å². The van der Waals surface area contributed by atoms with Crippen LogP contribution in [0.4, 0.5) is 0 Å². The largest absolute Gasteiger partial charge is 0.481 e. The van der Waals surface area contributed by atoms with Crippen molar-refractivity contribution < 1.29 is 87.5 Å². The summed E-state index contributed by atoms with van der Waals surface area (Å²) in [4.78, 5) is 204. The van der Waals surface area contributed by atoms with E-state index < -0.39 is 210 Å². The lowest BCUT2D eigenvalue weighted by atomic mass is 9.96. The number of aliphatic hydroxyl groups is 2. The van der Waals surface area contributed by atoms with Gasteiger partial charge in [0.1, 0.15) is 72.5 Å². The molecular formula is C66H104N20O18S2. The number of nitrogens with two attached hydrogens (primary N) is 4. The average Bonchev–Trinajstić information content (AvgIpc) is 1.63. The number of amides is 12. The molecule has 16 atom stereocenters. The first-order valence-corrected chi connectivity index (χ1v) is 37.9. The van der Waals surface area contributed by atoms with E-state index in [4.69, 9.17) is 22.9 Å². The molecule has 106 heavy (non-hydrogen) atoms. The Morgan fingerprint density at radius 3 is 1.96 bits per heavy atom. The summed E-state index contributed by atoms with van der Waals surface area (Å²) in [5, 5.41) is 75.2. The number of carbonyl (C=O) groups excluding carboxylic acids is 12. The number of aliphatic imine (C=N–C) groups is 1. The van der Waals surface area contributed by atoms with Crippen molar-refractivity contribution in [3.8, 4) is 0 Å². The topological polar surface area (TPSA) is 594 Å². The normalized spacial score (nSPS) is 24.4. The minimum Gasteiger partial charge on any atom is -0.481 e. The molecule has 12 amide bonds. The first-order valence-electron chi connectivity index (χ1n) is 35.4. The molecule has 2 fully saturated rings. The highest BCUT2D eigenvalue weighted by molar-refractivity contribution is 8.76. The molecule has 0 bridgehead atoms. The van der Waals surface area contributed by atoms with E-state index >= 15 is 14.4 Å². The zero-order valence-electron chi connectivity index (χ0n) is 60.4. The smallest absolute Gasteiger partial charge is 0.326 e. The molecular weight excluding hydrogens is 1420 g/mol. The molecule has 40 heteroatoms. The molecule has 3 aliphatic heterocycles. The van der Waals surface area contributed by atoms with E-state index in [2.05, 4.69) is 68.5 Å². The quantitative estimate of drug-likeness (QED) is 0.0164. The molecule has 0 spiro atoms. The van der Waals surface area contributed by atoms with Crippen molar-refractivity contribution in [1.29, 1.82) is 0 Å². The van der Waals surface area contributed by atoms with Crippen LogP contribution in [-0.2, 0) is 73.5 Å². The molecule has 0 aliphatic carbocycles. The Morgan fingerprint density at radius 1 is 0.708 bits per heavy atom. The van der Waals surface area contributed by atoms with Crippen LogP contribution in [0.25, 0.3) is 0 Å². The molecule has 38 nitrogen and oxygen atoms in total. The number of aromatic nitrogens is 3. The van der Waals surface area contributed by atoms with Crippen molar-refractivity contribution in [1.82, 2.24) is 78.0 Å². The van der Waals surface area contributed by atoms with Gasteiger partial charge in [-0.3, -0.25) is 67.3 Å². The number of benzene rings is 1. The molecule has 2 aromatic rings. The number of hydrogen-bond donors (Lipinski definition) is 18. The molecule has 22 N–H and O–H groups in total. The van der Waals surface area contributed by atoms with Crippen molar-refractivity contribution in [2.24, 2.45) is 39.8 Å². The lowest BCUT2D eigenvalue weighted by molar-refractivity contribution is -0.148. The summed E-state index contributed by atoms with van der Waals surface area (Å²) >= 11 is 0. The monoisotopic (exact) mass is 1530 g/mol. The summed E-state index contributed by atoms with van der Waals surface area (Å²) in [5.41, 5.74) is 23.3. The predicted octanol–water partition coefficient (Wildman–Crippen LogP) is -4.85. The van der Waals surface area contributed by atoms with Gasteiger partial charge in [0.05, 0.1) is 43.6 Å². The fourth-order valence-corrected chi connectivity index (χ4v) is 14.4. The molecule has 0 unspecified atom stereocenters. The zero-order chi connectivity index (χ0) is 78.5. The van der Waals surface area contributed by atoms with E-state index in [1.807, 2.05) is 0 Å². The summed E-state index contributed by atoms with van der Waals surface area (Å²) in [7, 11) is 1.66. The molecule has 2 saturated heterocycles. The van der Waals surface area contributed by atoms with Crippen LogP contribution in [0.1, 0.15) is 142 Å².